The molecular formula is C42H36N4. The summed E-state index contributed by atoms with van der Waals surface area (Å²) in [5.74, 6) is 0.748. The Morgan fingerprint density at radius 1 is 0.913 bits per heavy atom. The van der Waals surface area contributed by atoms with Crippen LogP contribution in [0.5, 0.6) is 0 Å². The maximum absolute atomic E-state index is 5.00. The number of anilines is 1. The van der Waals surface area contributed by atoms with E-state index in [4.69, 9.17) is 11.6 Å². The van der Waals surface area contributed by atoms with Gasteiger partial charge in [-0.3, -0.25) is 0 Å². The Labute approximate surface area is 271 Å². The number of piperidine rings is 1. The van der Waals surface area contributed by atoms with E-state index in [1.807, 2.05) is 30.5 Å². The van der Waals surface area contributed by atoms with E-state index in [9.17, 15) is 0 Å². The van der Waals surface area contributed by atoms with Gasteiger partial charge in [-0.15, -0.1) is 0 Å². The lowest BCUT2D eigenvalue weighted by Crippen LogP contribution is -2.29. The standard InChI is InChI=1S/C42H36N4/c1-5-15-36-38-28-37(29(3)35-24-26-45(41(35)36)33-20-12-9-13-21-33)40(16-6-2)46(30(38)4)34-22-14-19-32(27-34)39-23-25-43-42(44-39)31-17-10-7-8-11-18-31/h5-17,19-27H,2,4,18,28H2,1,3H3/b15-5-,40-16+. The Kier molecular flexibility index (Phi) is 7.78. The number of allylic oxidation sites excluding steroid dienone is 14. The van der Waals surface area contributed by atoms with Gasteiger partial charge < -0.3 is 9.47 Å². The molecule has 4 aromatic rings. The largest absolute Gasteiger partial charge is 0.316 e. The van der Waals surface area contributed by atoms with E-state index >= 15 is 0 Å². The molecule has 1 aliphatic heterocycles. The van der Waals surface area contributed by atoms with Gasteiger partial charge in [-0.2, -0.15) is 0 Å². The van der Waals surface area contributed by atoms with Crippen molar-refractivity contribution < 1.29 is 0 Å². The van der Waals surface area contributed by atoms with Crippen molar-refractivity contribution in [2.45, 2.75) is 26.7 Å². The predicted octanol–water partition coefficient (Wildman–Crippen LogP) is 10.4. The summed E-state index contributed by atoms with van der Waals surface area (Å²) in [6.45, 7) is 13.2. The number of fused-ring (bicyclic) bond motifs is 3. The fourth-order valence-electron chi connectivity index (χ4n) is 6.63. The fraction of sp³-hybridized carbons (Fsp3) is 0.0952. The number of benzene rings is 2. The van der Waals surface area contributed by atoms with Crippen LogP contribution >= 0.6 is 0 Å². The second kappa shape index (κ2) is 12.3. The molecular weight excluding hydrogens is 560 g/mol. The van der Waals surface area contributed by atoms with Crippen molar-refractivity contribution in [1.82, 2.24) is 14.5 Å². The zero-order valence-electron chi connectivity index (χ0n) is 26.3. The van der Waals surface area contributed by atoms with E-state index in [0.717, 1.165) is 58.3 Å². The van der Waals surface area contributed by atoms with E-state index in [-0.39, 0.29) is 0 Å². The first-order valence-corrected chi connectivity index (χ1v) is 15.7. The van der Waals surface area contributed by atoms with Crippen molar-refractivity contribution in [2.24, 2.45) is 0 Å². The number of hydrogen-bond donors (Lipinski definition) is 0. The lowest BCUT2D eigenvalue weighted by molar-refractivity contribution is 0.961. The third-order valence-corrected chi connectivity index (χ3v) is 8.82. The van der Waals surface area contributed by atoms with E-state index in [2.05, 4.69) is 138 Å². The quantitative estimate of drug-likeness (QED) is 0.222. The van der Waals surface area contributed by atoms with Crippen LogP contribution in [0, 0.1) is 0 Å². The predicted molar refractivity (Wildman–Crippen MR) is 193 cm³/mol. The van der Waals surface area contributed by atoms with Crippen LogP contribution in [0.15, 0.2) is 170 Å². The number of rotatable bonds is 6. The molecule has 2 bridgehead atoms. The van der Waals surface area contributed by atoms with Gasteiger partial charge in [0.15, 0.2) is 5.82 Å². The number of hydrogen-bond acceptors (Lipinski definition) is 3. The highest BCUT2D eigenvalue weighted by Gasteiger charge is 2.35. The van der Waals surface area contributed by atoms with Crippen LogP contribution in [0.3, 0.4) is 0 Å². The van der Waals surface area contributed by atoms with Crippen LogP contribution in [0.25, 0.3) is 33.7 Å². The maximum atomic E-state index is 5.00. The van der Waals surface area contributed by atoms with Gasteiger partial charge in [0.25, 0.3) is 0 Å². The van der Waals surface area contributed by atoms with Crippen molar-refractivity contribution in [2.75, 3.05) is 4.90 Å². The average Bonchev–Trinajstić information content (AvgIpc) is 3.28. The number of aromatic nitrogens is 3. The molecule has 0 amide bonds. The summed E-state index contributed by atoms with van der Waals surface area (Å²) in [6.07, 6.45) is 24.3. The van der Waals surface area contributed by atoms with E-state index < -0.39 is 0 Å². The van der Waals surface area contributed by atoms with Gasteiger partial charge >= 0.3 is 0 Å². The third-order valence-electron chi connectivity index (χ3n) is 8.82. The number of para-hydroxylation sites is 1. The highest BCUT2D eigenvalue weighted by atomic mass is 15.2. The first-order valence-electron chi connectivity index (χ1n) is 15.7. The van der Waals surface area contributed by atoms with E-state index in [1.165, 1.54) is 33.5 Å². The second-order valence-electron chi connectivity index (χ2n) is 11.6. The van der Waals surface area contributed by atoms with E-state index in [0.29, 0.717) is 0 Å². The topological polar surface area (TPSA) is 34.0 Å². The number of nitrogens with zero attached hydrogens (tertiary/aromatic N) is 4. The zero-order chi connectivity index (χ0) is 31.6. The van der Waals surface area contributed by atoms with Gasteiger partial charge in [0.1, 0.15) is 0 Å². The van der Waals surface area contributed by atoms with Crippen LogP contribution in [0.2, 0.25) is 0 Å². The Morgan fingerprint density at radius 2 is 1.76 bits per heavy atom. The molecule has 0 atom stereocenters. The minimum atomic E-state index is 0.748. The van der Waals surface area contributed by atoms with Crippen molar-refractivity contribution in [3.8, 4) is 16.9 Å². The Hall–Kier alpha value is -5.74. The van der Waals surface area contributed by atoms with Crippen molar-refractivity contribution >= 4 is 22.4 Å². The molecule has 4 nitrogen and oxygen atoms in total. The molecule has 3 heterocycles. The first kappa shape index (κ1) is 29.0. The molecule has 3 aliphatic rings. The fourth-order valence-corrected chi connectivity index (χ4v) is 6.63. The minimum absolute atomic E-state index is 0.748. The van der Waals surface area contributed by atoms with Gasteiger partial charge in [0.05, 0.1) is 11.4 Å². The third kappa shape index (κ3) is 5.08. The molecule has 0 radical (unpaired) electrons. The molecule has 224 valence electrons. The molecule has 2 aliphatic carbocycles. The van der Waals surface area contributed by atoms with Gasteiger partial charge in [-0.05, 0) is 79.5 Å². The highest BCUT2D eigenvalue weighted by molar-refractivity contribution is 5.94. The second-order valence-corrected chi connectivity index (χ2v) is 11.6. The minimum Gasteiger partial charge on any atom is -0.316 e. The van der Waals surface area contributed by atoms with Gasteiger partial charge in [0, 0.05) is 63.9 Å². The SMILES string of the molecule is C=C/C=C1\C2=C(C)c3ccn(-c4ccccc4)c3C(/C=C\C)=C(C2)C(=C)N1c1cccc(-c2ccnc(C3=CC=CC=CC3)n2)c1. The summed E-state index contributed by atoms with van der Waals surface area (Å²) < 4.78 is 2.31. The summed E-state index contributed by atoms with van der Waals surface area (Å²) >= 11 is 0. The summed E-state index contributed by atoms with van der Waals surface area (Å²) in [7, 11) is 0. The summed E-state index contributed by atoms with van der Waals surface area (Å²) in [4.78, 5) is 11.9. The molecule has 0 saturated carbocycles. The zero-order valence-corrected chi connectivity index (χ0v) is 26.3. The Bertz CT molecular complexity index is 2090. The molecule has 1 saturated heterocycles. The first-order chi connectivity index (χ1) is 22.6. The Balaban J connectivity index is 1.38. The molecule has 7 rings (SSSR count). The lowest BCUT2D eigenvalue weighted by atomic mass is 9.88. The van der Waals surface area contributed by atoms with Crippen molar-refractivity contribution in [3.05, 3.63) is 187 Å². The van der Waals surface area contributed by atoms with Gasteiger partial charge in [-0.25, -0.2) is 9.97 Å². The molecule has 1 fully saturated rings. The van der Waals surface area contributed by atoms with Crippen molar-refractivity contribution in [1.29, 1.82) is 0 Å². The molecule has 0 spiro atoms. The summed E-state index contributed by atoms with van der Waals surface area (Å²) in [5, 5.41) is 0. The van der Waals surface area contributed by atoms with Crippen LogP contribution < -0.4 is 4.90 Å². The molecule has 46 heavy (non-hydrogen) atoms. The Morgan fingerprint density at radius 3 is 2.59 bits per heavy atom. The normalized spacial score (nSPS) is 17.0. The van der Waals surface area contributed by atoms with Crippen LogP contribution in [0.4, 0.5) is 5.69 Å². The highest BCUT2D eigenvalue weighted by Crippen LogP contribution is 2.49. The van der Waals surface area contributed by atoms with E-state index in [1.54, 1.807) is 0 Å². The van der Waals surface area contributed by atoms with Crippen LogP contribution in [-0.4, -0.2) is 14.5 Å². The molecule has 0 unspecified atom stereocenters. The van der Waals surface area contributed by atoms with Crippen LogP contribution in [0.1, 0.15) is 43.8 Å². The smallest absolute Gasteiger partial charge is 0.155 e. The maximum Gasteiger partial charge on any atom is 0.155 e. The monoisotopic (exact) mass is 596 g/mol. The molecule has 4 heteroatoms. The average molecular weight is 597 g/mol. The lowest BCUT2D eigenvalue weighted by Gasteiger charge is -2.38. The molecule has 0 N–H and O–H groups in total. The summed E-state index contributed by atoms with van der Waals surface area (Å²) in [6, 6.07) is 23.3. The van der Waals surface area contributed by atoms with Crippen LogP contribution in [-0.2, 0) is 0 Å². The molecule has 2 aromatic heterocycles. The van der Waals surface area contributed by atoms with Gasteiger partial charge in [0.2, 0.25) is 0 Å². The summed E-state index contributed by atoms with van der Waals surface area (Å²) in [5.41, 5.74) is 14.5. The van der Waals surface area contributed by atoms with Gasteiger partial charge in [-0.1, -0.05) is 92.1 Å². The van der Waals surface area contributed by atoms with Crippen molar-refractivity contribution in [3.63, 3.8) is 0 Å². The molecule has 2 aromatic carbocycles.